The number of hydrogen-bond donors (Lipinski definition) is 4. The van der Waals surface area contributed by atoms with E-state index >= 15 is 0 Å². The fourth-order valence-corrected chi connectivity index (χ4v) is 1.07. The molecular formula is C9H13NO3. The van der Waals surface area contributed by atoms with Gasteiger partial charge in [0.25, 0.3) is 0 Å². The molecule has 0 amide bonds. The van der Waals surface area contributed by atoms with Crippen molar-refractivity contribution in [2.75, 3.05) is 0 Å². The van der Waals surface area contributed by atoms with Gasteiger partial charge in [0.15, 0.2) is 0 Å². The van der Waals surface area contributed by atoms with Gasteiger partial charge in [-0.05, 0) is 19.1 Å². The smallest absolute Gasteiger partial charge is 0.124 e. The molecule has 0 spiro atoms. The molecule has 1 aromatic rings. The lowest BCUT2D eigenvalue weighted by Gasteiger charge is -2.16. The molecule has 0 aliphatic heterocycles. The summed E-state index contributed by atoms with van der Waals surface area (Å²) < 4.78 is 0. The third-order valence-corrected chi connectivity index (χ3v) is 1.89. The van der Waals surface area contributed by atoms with Crippen LogP contribution < -0.4 is 5.73 Å². The third kappa shape index (κ3) is 2.11. The minimum atomic E-state index is -0.740. The van der Waals surface area contributed by atoms with Gasteiger partial charge in [-0.25, -0.2) is 0 Å². The molecule has 0 aliphatic carbocycles. The first-order valence-electron chi connectivity index (χ1n) is 3.98. The second-order valence-electron chi connectivity index (χ2n) is 3.01. The van der Waals surface area contributed by atoms with Crippen molar-refractivity contribution in [3.05, 3.63) is 23.8 Å². The summed E-state index contributed by atoms with van der Waals surface area (Å²) in [6.07, 6.45) is -0.740. The lowest BCUT2D eigenvalue weighted by Crippen LogP contribution is -2.23. The topological polar surface area (TPSA) is 86.7 Å². The highest BCUT2D eigenvalue weighted by Crippen LogP contribution is 2.28. The van der Waals surface area contributed by atoms with Gasteiger partial charge in [0.05, 0.1) is 12.1 Å². The minimum absolute atomic E-state index is 0.0287. The van der Waals surface area contributed by atoms with E-state index in [4.69, 9.17) is 15.9 Å². The van der Waals surface area contributed by atoms with Gasteiger partial charge < -0.3 is 21.1 Å². The van der Waals surface area contributed by atoms with Crippen molar-refractivity contribution in [2.24, 2.45) is 5.73 Å². The Hall–Kier alpha value is -1.26. The highest BCUT2D eigenvalue weighted by atomic mass is 16.3. The SMILES string of the molecule is C[C@@H](O)[C@@H](N)c1ccc(O)cc1O. The van der Waals surface area contributed by atoms with Crippen LogP contribution in [0.5, 0.6) is 11.5 Å². The average Bonchev–Trinajstić information content (AvgIpc) is 2.03. The molecule has 0 bridgehead atoms. The number of phenolic OH excluding ortho intramolecular Hbond substituents is 2. The van der Waals surface area contributed by atoms with Crippen LogP contribution in [0.15, 0.2) is 18.2 Å². The van der Waals surface area contributed by atoms with Crippen molar-refractivity contribution in [3.63, 3.8) is 0 Å². The van der Waals surface area contributed by atoms with Crippen LogP contribution in [-0.4, -0.2) is 21.4 Å². The average molecular weight is 183 g/mol. The number of rotatable bonds is 2. The van der Waals surface area contributed by atoms with Crippen LogP contribution in [0.2, 0.25) is 0 Å². The van der Waals surface area contributed by atoms with E-state index in [2.05, 4.69) is 0 Å². The summed E-state index contributed by atoms with van der Waals surface area (Å²) in [5.41, 5.74) is 6.02. The summed E-state index contributed by atoms with van der Waals surface area (Å²) >= 11 is 0. The first-order valence-corrected chi connectivity index (χ1v) is 3.98. The molecule has 0 aromatic heterocycles. The molecule has 1 rings (SSSR count). The molecule has 0 saturated carbocycles. The number of hydrogen-bond acceptors (Lipinski definition) is 4. The van der Waals surface area contributed by atoms with Crippen LogP contribution in [0.1, 0.15) is 18.5 Å². The molecule has 1 aromatic carbocycles. The molecule has 0 fully saturated rings. The molecule has 0 heterocycles. The Kier molecular flexibility index (Phi) is 2.75. The quantitative estimate of drug-likeness (QED) is 0.537. The summed E-state index contributed by atoms with van der Waals surface area (Å²) in [6, 6.07) is 3.46. The van der Waals surface area contributed by atoms with Gasteiger partial charge in [-0.2, -0.15) is 0 Å². The molecule has 13 heavy (non-hydrogen) atoms. The summed E-state index contributed by atoms with van der Waals surface area (Å²) in [5.74, 6) is -0.132. The molecule has 72 valence electrons. The van der Waals surface area contributed by atoms with E-state index in [0.29, 0.717) is 5.56 Å². The molecule has 0 aliphatic rings. The van der Waals surface area contributed by atoms with E-state index in [1.54, 1.807) is 0 Å². The second-order valence-corrected chi connectivity index (χ2v) is 3.01. The van der Waals surface area contributed by atoms with Gasteiger partial charge in [-0.3, -0.25) is 0 Å². The van der Waals surface area contributed by atoms with E-state index in [9.17, 15) is 5.11 Å². The van der Waals surface area contributed by atoms with Crippen molar-refractivity contribution >= 4 is 0 Å². The van der Waals surface area contributed by atoms with E-state index in [1.165, 1.54) is 25.1 Å². The number of nitrogens with two attached hydrogens (primary N) is 1. The Morgan fingerprint density at radius 1 is 1.31 bits per heavy atom. The molecule has 0 radical (unpaired) electrons. The predicted octanol–water partition coefficient (Wildman–Crippen LogP) is 0.478. The van der Waals surface area contributed by atoms with Gasteiger partial charge in [0, 0.05) is 11.6 Å². The zero-order chi connectivity index (χ0) is 10.0. The molecule has 4 heteroatoms. The normalized spacial score (nSPS) is 15.3. The number of aromatic hydroxyl groups is 2. The molecular weight excluding hydrogens is 170 g/mol. The Labute approximate surface area is 76.2 Å². The van der Waals surface area contributed by atoms with E-state index < -0.39 is 12.1 Å². The molecule has 0 saturated heterocycles. The maximum atomic E-state index is 9.36. The summed E-state index contributed by atoms with van der Waals surface area (Å²) in [6.45, 7) is 1.54. The van der Waals surface area contributed by atoms with Crippen molar-refractivity contribution < 1.29 is 15.3 Å². The molecule has 2 atom stereocenters. The maximum Gasteiger partial charge on any atom is 0.124 e. The Balaban J connectivity index is 3.01. The van der Waals surface area contributed by atoms with Crippen molar-refractivity contribution in [1.29, 1.82) is 0 Å². The number of benzene rings is 1. The Bertz CT molecular complexity index is 299. The van der Waals surface area contributed by atoms with Crippen molar-refractivity contribution in [1.82, 2.24) is 0 Å². The van der Waals surface area contributed by atoms with Gasteiger partial charge in [-0.1, -0.05) is 0 Å². The highest BCUT2D eigenvalue weighted by molar-refractivity contribution is 5.40. The van der Waals surface area contributed by atoms with Crippen LogP contribution in [0.4, 0.5) is 0 Å². The maximum absolute atomic E-state index is 9.36. The highest BCUT2D eigenvalue weighted by Gasteiger charge is 2.15. The van der Waals surface area contributed by atoms with Gasteiger partial charge in [0.1, 0.15) is 11.5 Å². The van der Waals surface area contributed by atoms with Crippen LogP contribution in [0.25, 0.3) is 0 Å². The van der Waals surface area contributed by atoms with E-state index in [-0.39, 0.29) is 11.5 Å². The summed E-state index contributed by atoms with van der Waals surface area (Å²) in [7, 11) is 0. The van der Waals surface area contributed by atoms with Crippen LogP contribution in [0.3, 0.4) is 0 Å². The first kappa shape index (κ1) is 9.83. The van der Waals surface area contributed by atoms with E-state index in [0.717, 1.165) is 0 Å². The third-order valence-electron chi connectivity index (χ3n) is 1.89. The zero-order valence-corrected chi connectivity index (χ0v) is 7.31. The molecule has 5 N–H and O–H groups in total. The Morgan fingerprint density at radius 3 is 2.38 bits per heavy atom. The minimum Gasteiger partial charge on any atom is -0.508 e. The monoisotopic (exact) mass is 183 g/mol. The Morgan fingerprint density at radius 2 is 1.92 bits per heavy atom. The summed E-state index contributed by atoms with van der Waals surface area (Å²) in [4.78, 5) is 0. The van der Waals surface area contributed by atoms with Gasteiger partial charge in [-0.15, -0.1) is 0 Å². The number of aliphatic hydroxyl groups excluding tert-OH is 1. The van der Waals surface area contributed by atoms with E-state index in [1.807, 2.05) is 0 Å². The lowest BCUT2D eigenvalue weighted by molar-refractivity contribution is 0.162. The summed E-state index contributed by atoms with van der Waals surface area (Å²) in [5, 5.41) is 27.5. The fourth-order valence-electron chi connectivity index (χ4n) is 1.07. The lowest BCUT2D eigenvalue weighted by atomic mass is 10.0. The largest absolute Gasteiger partial charge is 0.508 e. The fraction of sp³-hybridized carbons (Fsp3) is 0.333. The van der Waals surface area contributed by atoms with Crippen molar-refractivity contribution in [2.45, 2.75) is 19.1 Å². The van der Waals surface area contributed by atoms with Gasteiger partial charge in [0.2, 0.25) is 0 Å². The zero-order valence-electron chi connectivity index (χ0n) is 7.31. The second kappa shape index (κ2) is 3.64. The molecule has 4 nitrogen and oxygen atoms in total. The van der Waals surface area contributed by atoms with Crippen LogP contribution in [0, 0.1) is 0 Å². The van der Waals surface area contributed by atoms with Crippen LogP contribution >= 0.6 is 0 Å². The standard InChI is InChI=1S/C9H13NO3/c1-5(11)9(10)7-3-2-6(12)4-8(7)13/h2-5,9,11-13H,10H2,1H3/t5-,9-/m1/s1. The molecule has 0 unspecified atom stereocenters. The number of phenols is 2. The van der Waals surface area contributed by atoms with Gasteiger partial charge >= 0.3 is 0 Å². The number of aliphatic hydroxyl groups is 1. The van der Waals surface area contributed by atoms with Crippen LogP contribution in [-0.2, 0) is 0 Å². The predicted molar refractivity (Wildman–Crippen MR) is 48.4 cm³/mol. The first-order chi connectivity index (χ1) is 6.02. The van der Waals surface area contributed by atoms with Crippen molar-refractivity contribution in [3.8, 4) is 11.5 Å².